The van der Waals surface area contributed by atoms with E-state index in [9.17, 15) is 9.18 Å². The number of carbonyl (C=O) groups excluding carboxylic acids is 1. The Labute approximate surface area is 165 Å². The number of hydrogen-bond acceptors (Lipinski definition) is 5. The minimum atomic E-state index is -0.491. The van der Waals surface area contributed by atoms with Crippen LogP contribution in [0.2, 0.25) is 0 Å². The van der Waals surface area contributed by atoms with E-state index in [0.717, 1.165) is 10.9 Å². The average Bonchev–Trinajstić information content (AvgIpc) is 3.13. The van der Waals surface area contributed by atoms with Gasteiger partial charge in [-0.15, -0.1) is 6.58 Å². The minimum Gasteiger partial charge on any atom is -0.298 e. The number of carbonyl (C=O) groups is 1. The van der Waals surface area contributed by atoms with E-state index in [-0.39, 0.29) is 5.56 Å². The predicted molar refractivity (Wildman–Crippen MR) is 106 cm³/mol. The number of allylic oxidation sites excluding steroid dienone is 1. The van der Waals surface area contributed by atoms with Crippen LogP contribution in [0.25, 0.3) is 10.7 Å². The average molecular weight is 454 g/mol. The number of amides is 1. The van der Waals surface area contributed by atoms with Crippen LogP contribution in [0.1, 0.15) is 16.1 Å². The molecule has 0 aliphatic rings. The zero-order valence-electron chi connectivity index (χ0n) is 13.5. The number of aromatic nitrogens is 4. The molecule has 0 atom stereocenters. The third kappa shape index (κ3) is 3.67. The Morgan fingerprint density at radius 3 is 3.08 bits per heavy atom. The highest BCUT2D eigenvalue weighted by Gasteiger charge is 2.18. The molecule has 0 aliphatic heterocycles. The molecule has 0 spiro atoms. The Morgan fingerprint density at radius 1 is 1.58 bits per heavy atom. The molecule has 0 unspecified atom stereocenters. The number of nitrogens with zero attached hydrogens (tertiary/aromatic N) is 3. The molecule has 2 aromatic heterocycles. The molecule has 2 N–H and O–H groups in total. The van der Waals surface area contributed by atoms with Crippen molar-refractivity contribution in [1.82, 2.24) is 19.7 Å². The van der Waals surface area contributed by atoms with Gasteiger partial charge in [-0.3, -0.25) is 19.8 Å². The molecule has 6 nitrogen and oxygen atoms in total. The molecule has 0 fully saturated rings. The van der Waals surface area contributed by atoms with Gasteiger partial charge in [0.05, 0.1) is 16.1 Å². The van der Waals surface area contributed by atoms with Gasteiger partial charge >= 0.3 is 0 Å². The third-order valence-corrected chi connectivity index (χ3v) is 5.54. The van der Waals surface area contributed by atoms with Gasteiger partial charge in [0.1, 0.15) is 5.82 Å². The van der Waals surface area contributed by atoms with E-state index in [1.165, 1.54) is 23.5 Å². The first-order valence-electron chi connectivity index (χ1n) is 7.41. The lowest BCUT2D eigenvalue weighted by molar-refractivity contribution is 0.102. The summed E-state index contributed by atoms with van der Waals surface area (Å²) in [6, 6.07) is 3.92. The predicted octanol–water partition coefficient (Wildman–Crippen LogP) is 4.71. The van der Waals surface area contributed by atoms with Gasteiger partial charge in [-0.1, -0.05) is 17.4 Å². The number of aryl methyl sites for hydroxylation is 1. The molecule has 0 radical (unpaired) electrons. The highest BCUT2D eigenvalue weighted by atomic mass is 79.9. The first-order valence-corrected chi connectivity index (χ1v) is 9.42. The standard InChI is InChI=1S/C16H13BrFN5OS2/c1-3-6-23-13(21-22-16(23)25)12-8(2)19-15(26-12)20-14(24)10-7-9(18)4-5-11(10)17/h3-5,7H,1,6H2,2H3,(H,22,25)(H,19,20,24). The van der Waals surface area contributed by atoms with Crippen LogP contribution in [0.5, 0.6) is 0 Å². The second-order valence-electron chi connectivity index (χ2n) is 5.26. The summed E-state index contributed by atoms with van der Waals surface area (Å²) in [5, 5.41) is 10.1. The molecule has 1 amide bonds. The Hall–Kier alpha value is -2.17. The van der Waals surface area contributed by atoms with Gasteiger partial charge in [0.2, 0.25) is 0 Å². The van der Waals surface area contributed by atoms with Crippen LogP contribution in [0.3, 0.4) is 0 Å². The summed E-state index contributed by atoms with van der Waals surface area (Å²) >= 11 is 9.73. The van der Waals surface area contributed by atoms with E-state index >= 15 is 0 Å². The lowest BCUT2D eigenvalue weighted by Crippen LogP contribution is -2.12. The molecule has 1 aromatic carbocycles. The van der Waals surface area contributed by atoms with Crippen LogP contribution in [-0.2, 0) is 6.54 Å². The number of thiazole rings is 1. The summed E-state index contributed by atoms with van der Waals surface area (Å²) in [5.74, 6) is -0.326. The summed E-state index contributed by atoms with van der Waals surface area (Å²) < 4.78 is 16.2. The molecule has 10 heteroatoms. The highest BCUT2D eigenvalue weighted by Crippen LogP contribution is 2.32. The second kappa shape index (κ2) is 7.60. The van der Waals surface area contributed by atoms with Gasteiger partial charge in [0.25, 0.3) is 5.91 Å². The SMILES string of the molecule is C=CCn1c(-c2sc(NC(=O)c3cc(F)ccc3Br)nc2C)n[nH]c1=S. The number of hydrogen-bond donors (Lipinski definition) is 2. The van der Waals surface area contributed by atoms with Gasteiger partial charge in [-0.2, -0.15) is 5.10 Å². The number of halogens is 2. The molecule has 0 aliphatic carbocycles. The monoisotopic (exact) mass is 453 g/mol. The van der Waals surface area contributed by atoms with E-state index in [2.05, 4.69) is 43.0 Å². The fourth-order valence-electron chi connectivity index (χ4n) is 2.28. The summed E-state index contributed by atoms with van der Waals surface area (Å²) in [4.78, 5) is 17.6. The van der Waals surface area contributed by atoms with E-state index in [1.54, 1.807) is 10.6 Å². The molecular weight excluding hydrogens is 441 g/mol. The van der Waals surface area contributed by atoms with Crippen molar-refractivity contribution < 1.29 is 9.18 Å². The van der Waals surface area contributed by atoms with Gasteiger partial charge in [-0.25, -0.2) is 9.37 Å². The van der Waals surface area contributed by atoms with Crippen LogP contribution in [0.15, 0.2) is 35.3 Å². The molecule has 2 heterocycles. The molecule has 26 heavy (non-hydrogen) atoms. The zero-order valence-corrected chi connectivity index (χ0v) is 16.8. The van der Waals surface area contributed by atoms with E-state index in [4.69, 9.17) is 12.2 Å². The topological polar surface area (TPSA) is 75.6 Å². The normalized spacial score (nSPS) is 10.7. The van der Waals surface area contributed by atoms with E-state index in [1.807, 2.05) is 6.92 Å². The quantitative estimate of drug-likeness (QED) is 0.433. The second-order valence-corrected chi connectivity index (χ2v) is 7.50. The number of benzene rings is 1. The van der Waals surface area contributed by atoms with Crippen molar-refractivity contribution in [3.8, 4) is 10.7 Å². The van der Waals surface area contributed by atoms with E-state index in [0.29, 0.717) is 32.4 Å². The number of nitrogens with one attached hydrogen (secondary N) is 2. The maximum Gasteiger partial charge on any atom is 0.258 e. The van der Waals surface area contributed by atoms with Crippen molar-refractivity contribution in [2.75, 3.05) is 5.32 Å². The van der Waals surface area contributed by atoms with Crippen LogP contribution < -0.4 is 5.32 Å². The summed E-state index contributed by atoms with van der Waals surface area (Å²) in [7, 11) is 0. The number of anilines is 1. The van der Waals surface area contributed by atoms with Gasteiger partial charge in [-0.05, 0) is 53.3 Å². The van der Waals surface area contributed by atoms with Crippen LogP contribution in [0, 0.1) is 17.5 Å². The van der Waals surface area contributed by atoms with Gasteiger partial charge < -0.3 is 0 Å². The van der Waals surface area contributed by atoms with Crippen LogP contribution in [0.4, 0.5) is 9.52 Å². The third-order valence-electron chi connectivity index (χ3n) is 3.46. The van der Waals surface area contributed by atoms with Crippen molar-refractivity contribution in [3.63, 3.8) is 0 Å². The van der Waals surface area contributed by atoms with Crippen molar-refractivity contribution in [2.45, 2.75) is 13.5 Å². The Kier molecular flexibility index (Phi) is 5.44. The number of H-pyrrole nitrogens is 1. The zero-order chi connectivity index (χ0) is 18.8. The van der Waals surface area contributed by atoms with Crippen molar-refractivity contribution in [3.05, 3.63) is 57.2 Å². The van der Waals surface area contributed by atoms with Crippen molar-refractivity contribution in [2.24, 2.45) is 0 Å². The fraction of sp³-hybridized carbons (Fsp3) is 0.125. The van der Waals surface area contributed by atoms with Gasteiger partial charge in [0.15, 0.2) is 15.7 Å². The summed E-state index contributed by atoms with van der Waals surface area (Å²) in [5.41, 5.74) is 0.886. The first-order chi connectivity index (χ1) is 12.4. The largest absolute Gasteiger partial charge is 0.298 e. The molecule has 3 rings (SSSR count). The molecule has 0 saturated carbocycles. The van der Waals surface area contributed by atoms with Gasteiger partial charge in [0, 0.05) is 11.0 Å². The Balaban J connectivity index is 1.92. The minimum absolute atomic E-state index is 0.189. The van der Waals surface area contributed by atoms with E-state index < -0.39 is 11.7 Å². The van der Waals surface area contributed by atoms with Crippen LogP contribution >= 0.6 is 39.5 Å². The molecule has 0 bridgehead atoms. The maximum absolute atomic E-state index is 13.4. The van der Waals surface area contributed by atoms with Crippen LogP contribution in [-0.4, -0.2) is 25.7 Å². The molecule has 134 valence electrons. The Morgan fingerprint density at radius 2 is 2.35 bits per heavy atom. The number of rotatable bonds is 5. The molecule has 0 saturated heterocycles. The summed E-state index contributed by atoms with van der Waals surface area (Å²) in [6.45, 7) is 6.03. The lowest BCUT2D eigenvalue weighted by atomic mass is 10.2. The van der Waals surface area contributed by atoms with Crippen molar-refractivity contribution >= 4 is 50.5 Å². The lowest BCUT2D eigenvalue weighted by Gasteiger charge is -2.04. The number of aromatic amines is 1. The highest BCUT2D eigenvalue weighted by molar-refractivity contribution is 9.10. The molecular formula is C16H13BrFN5OS2. The summed E-state index contributed by atoms with van der Waals surface area (Å²) in [6.07, 6.45) is 1.72. The molecule has 3 aromatic rings. The smallest absolute Gasteiger partial charge is 0.258 e. The first kappa shape index (κ1) is 18.6. The maximum atomic E-state index is 13.4. The fourth-order valence-corrected chi connectivity index (χ4v) is 3.88. The van der Waals surface area contributed by atoms with Crippen molar-refractivity contribution in [1.29, 1.82) is 0 Å². The Bertz CT molecular complexity index is 1060.